The van der Waals surface area contributed by atoms with Crippen molar-refractivity contribution in [3.63, 3.8) is 0 Å². The largest absolute Gasteiger partial charge is 0.280 e. The van der Waals surface area contributed by atoms with Crippen LogP contribution in [0.4, 0.5) is 0 Å². The number of benzene rings is 2. The molecule has 2 atom stereocenters. The quantitative estimate of drug-likeness (QED) is 0.662. The van der Waals surface area contributed by atoms with Gasteiger partial charge in [-0.25, -0.2) is 0 Å². The van der Waals surface area contributed by atoms with Crippen molar-refractivity contribution < 1.29 is 0 Å². The predicted octanol–water partition coefficient (Wildman–Crippen LogP) is 4.38. The predicted molar refractivity (Wildman–Crippen MR) is 88.1 cm³/mol. The molecule has 108 valence electrons. The third-order valence-corrected chi connectivity index (χ3v) is 4.28. The average Bonchev–Trinajstić information content (AvgIpc) is 3.31. The van der Waals surface area contributed by atoms with Gasteiger partial charge >= 0.3 is 0 Å². The number of hydrogen-bond acceptors (Lipinski definition) is 2. The monoisotopic (exact) mass is 286 g/mol. The Kier molecular flexibility index (Phi) is 3.45. The molecule has 0 saturated carbocycles. The summed E-state index contributed by atoms with van der Waals surface area (Å²) in [6, 6.07) is 28.5. The van der Waals surface area contributed by atoms with Crippen molar-refractivity contribution in [2.45, 2.75) is 18.6 Å². The fourth-order valence-electron chi connectivity index (χ4n) is 3.20. The first-order valence-electron chi connectivity index (χ1n) is 7.69. The summed E-state index contributed by atoms with van der Waals surface area (Å²) in [5, 5.41) is 0. The second-order valence-corrected chi connectivity index (χ2v) is 5.70. The molecule has 0 radical (unpaired) electrons. The Balaban J connectivity index is 1.63. The second-order valence-electron chi connectivity index (χ2n) is 5.70. The topological polar surface area (TPSA) is 15.9 Å². The lowest BCUT2D eigenvalue weighted by Crippen LogP contribution is -2.01. The summed E-state index contributed by atoms with van der Waals surface area (Å²) in [5.74, 6) is 0. The van der Waals surface area contributed by atoms with E-state index in [1.165, 1.54) is 11.1 Å². The molecule has 1 fully saturated rings. The van der Waals surface area contributed by atoms with E-state index in [0.717, 1.165) is 12.2 Å². The maximum Gasteiger partial charge on any atom is 0.0556 e. The summed E-state index contributed by atoms with van der Waals surface area (Å²) in [4.78, 5) is 6.98. The highest BCUT2D eigenvalue weighted by atomic mass is 15.4. The van der Waals surface area contributed by atoms with Crippen LogP contribution < -0.4 is 0 Å². The van der Waals surface area contributed by atoms with E-state index in [1.807, 2.05) is 12.3 Å². The van der Waals surface area contributed by atoms with Gasteiger partial charge in [-0.05, 0) is 23.3 Å². The Labute approximate surface area is 131 Å². The van der Waals surface area contributed by atoms with E-state index in [0.29, 0.717) is 12.1 Å². The summed E-state index contributed by atoms with van der Waals surface area (Å²) in [5.41, 5.74) is 3.89. The van der Waals surface area contributed by atoms with E-state index in [1.54, 1.807) is 0 Å². The third-order valence-electron chi connectivity index (χ3n) is 4.28. The van der Waals surface area contributed by atoms with Crippen LogP contribution in [0.1, 0.15) is 28.9 Å². The summed E-state index contributed by atoms with van der Waals surface area (Å²) in [7, 11) is 0. The molecule has 22 heavy (non-hydrogen) atoms. The van der Waals surface area contributed by atoms with Gasteiger partial charge < -0.3 is 0 Å². The van der Waals surface area contributed by atoms with Crippen LogP contribution in [0.2, 0.25) is 0 Å². The summed E-state index contributed by atoms with van der Waals surface area (Å²) >= 11 is 0. The molecular formula is C20H18N2. The number of nitrogens with zero attached hydrogens (tertiary/aromatic N) is 2. The molecule has 2 heterocycles. The van der Waals surface area contributed by atoms with Crippen molar-refractivity contribution in [1.82, 2.24) is 9.88 Å². The van der Waals surface area contributed by atoms with Crippen molar-refractivity contribution in [2.24, 2.45) is 0 Å². The van der Waals surface area contributed by atoms with Gasteiger partial charge in [-0.3, -0.25) is 9.88 Å². The minimum absolute atomic E-state index is 0.450. The van der Waals surface area contributed by atoms with Crippen LogP contribution in [-0.4, -0.2) is 9.88 Å². The molecule has 0 amide bonds. The molecule has 0 bridgehead atoms. The Morgan fingerprint density at radius 3 is 1.73 bits per heavy atom. The van der Waals surface area contributed by atoms with Gasteiger partial charge in [0.2, 0.25) is 0 Å². The Morgan fingerprint density at radius 2 is 1.23 bits per heavy atom. The number of aromatic nitrogens is 1. The molecule has 3 aromatic rings. The van der Waals surface area contributed by atoms with Crippen LogP contribution in [0.5, 0.6) is 0 Å². The molecule has 1 aromatic heterocycles. The van der Waals surface area contributed by atoms with Gasteiger partial charge in [0, 0.05) is 12.7 Å². The van der Waals surface area contributed by atoms with E-state index in [9.17, 15) is 0 Å². The van der Waals surface area contributed by atoms with Crippen LogP contribution >= 0.6 is 0 Å². The van der Waals surface area contributed by atoms with Gasteiger partial charge in [-0.2, -0.15) is 0 Å². The van der Waals surface area contributed by atoms with E-state index in [-0.39, 0.29) is 0 Å². The zero-order chi connectivity index (χ0) is 14.8. The van der Waals surface area contributed by atoms with Gasteiger partial charge in [0.1, 0.15) is 0 Å². The number of pyridine rings is 1. The van der Waals surface area contributed by atoms with Gasteiger partial charge in [-0.15, -0.1) is 0 Å². The van der Waals surface area contributed by atoms with E-state index in [2.05, 4.69) is 82.7 Å². The number of hydrogen-bond donors (Lipinski definition) is 0. The normalized spacial score (nSPS) is 23.2. The van der Waals surface area contributed by atoms with E-state index >= 15 is 0 Å². The van der Waals surface area contributed by atoms with Crippen molar-refractivity contribution in [2.75, 3.05) is 0 Å². The molecule has 2 heteroatoms. The maximum atomic E-state index is 4.47. The summed E-state index contributed by atoms with van der Waals surface area (Å²) < 4.78 is 0. The van der Waals surface area contributed by atoms with Gasteiger partial charge in [0.25, 0.3) is 0 Å². The lowest BCUT2D eigenvalue weighted by Gasteiger charge is -2.03. The lowest BCUT2D eigenvalue weighted by atomic mass is 10.0. The standard InChI is InChI=1S/C20H18N2/c1-3-9-16(10-4-1)19-20(17-11-5-2-6-12-17)22(19)15-18-13-7-8-14-21-18/h1-14,19-20H,15H2/t19-,20-/m0/s1. The molecule has 1 saturated heterocycles. The highest BCUT2D eigenvalue weighted by Gasteiger charge is 2.48. The summed E-state index contributed by atoms with van der Waals surface area (Å²) in [6.45, 7) is 0.889. The third kappa shape index (κ3) is 2.53. The fourth-order valence-corrected chi connectivity index (χ4v) is 3.20. The average molecular weight is 286 g/mol. The van der Waals surface area contributed by atoms with Crippen LogP contribution in [0.3, 0.4) is 0 Å². The zero-order valence-electron chi connectivity index (χ0n) is 12.3. The Morgan fingerprint density at radius 1 is 0.682 bits per heavy atom. The molecule has 2 nitrogen and oxygen atoms in total. The lowest BCUT2D eigenvalue weighted by molar-refractivity contribution is 0.472. The molecule has 1 aliphatic rings. The van der Waals surface area contributed by atoms with Crippen LogP contribution in [0.25, 0.3) is 0 Å². The zero-order valence-corrected chi connectivity index (χ0v) is 12.3. The van der Waals surface area contributed by atoms with Crippen molar-refractivity contribution in [1.29, 1.82) is 0 Å². The van der Waals surface area contributed by atoms with Crippen molar-refractivity contribution in [3.05, 3.63) is 102 Å². The first kappa shape index (κ1) is 13.2. The van der Waals surface area contributed by atoms with E-state index < -0.39 is 0 Å². The smallest absolute Gasteiger partial charge is 0.0556 e. The molecule has 2 aromatic carbocycles. The van der Waals surface area contributed by atoms with Gasteiger partial charge in [0.15, 0.2) is 0 Å². The Hall–Kier alpha value is -2.45. The highest BCUT2D eigenvalue weighted by Crippen LogP contribution is 2.55. The molecule has 1 aliphatic heterocycles. The molecule has 0 aliphatic carbocycles. The molecule has 0 N–H and O–H groups in total. The van der Waals surface area contributed by atoms with Crippen LogP contribution in [0, 0.1) is 0 Å². The molecular weight excluding hydrogens is 268 g/mol. The van der Waals surface area contributed by atoms with Crippen LogP contribution in [-0.2, 0) is 6.54 Å². The van der Waals surface area contributed by atoms with E-state index in [4.69, 9.17) is 0 Å². The maximum absolute atomic E-state index is 4.47. The summed E-state index contributed by atoms with van der Waals surface area (Å²) in [6.07, 6.45) is 1.87. The van der Waals surface area contributed by atoms with Crippen molar-refractivity contribution in [3.8, 4) is 0 Å². The molecule has 4 rings (SSSR count). The number of rotatable bonds is 4. The fraction of sp³-hybridized carbons (Fsp3) is 0.150. The highest BCUT2D eigenvalue weighted by molar-refractivity contribution is 5.35. The first-order chi connectivity index (χ1) is 10.9. The van der Waals surface area contributed by atoms with Crippen molar-refractivity contribution >= 4 is 0 Å². The van der Waals surface area contributed by atoms with Gasteiger partial charge in [0.05, 0.1) is 17.8 Å². The van der Waals surface area contributed by atoms with Crippen LogP contribution in [0.15, 0.2) is 85.1 Å². The van der Waals surface area contributed by atoms with Gasteiger partial charge in [-0.1, -0.05) is 66.7 Å². The first-order valence-corrected chi connectivity index (χ1v) is 7.69. The molecule has 0 spiro atoms. The Bertz CT molecular complexity index is 680. The SMILES string of the molecule is c1ccc([C@H]2[C@H](c3ccccc3)N2Cc2ccccn2)cc1. The minimum Gasteiger partial charge on any atom is -0.280 e. The molecule has 0 unspecified atom stereocenters. The minimum atomic E-state index is 0.450. The second kappa shape index (κ2) is 5.74.